The van der Waals surface area contributed by atoms with Gasteiger partial charge >= 0.3 is 6.03 Å². The summed E-state index contributed by atoms with van der Waals surface area (Å²) in [6, 6.07) is 13.2. The summed E-state index contributed by atoms with van der Waals surface area (Å²) in [4.78, 5) is 19.1. The molecule has 1 aliphatic rings. The van der Waals surface area contributed by atoms with Crippen molar-refractivity contribution in [3.05, 3.63) is 60.0 Å². The number of benzene rings is 1. The first-order valence-corrected chi connectivity index (χ1v) is 9.50. The average Bonchev–Trinajstić information content (AvgIpc) is 3.18. The quantitative estimate of drug-likeness (QED) is 0.710. The van der Waals surface area contributed by atoms with Crippen LogP contribution in [-0.2, 0) is 11.3 Å². The lowest BCUT2D eigenvalue weighted by molar-refractivity contribution is 0.122. The first-order valence-electron chi connectivity index (χ1n) is 9.50. The van der Waals surface area contributed by atoms with Gasteiger partial charge in [-0.25, -0.2) is 9.78 Å². The Morgan fingerprint density at radius 2 is 2.04 bits per heavy atom. The molecular formula is C21H24N4O3. The zero-order valence-electron chi connectivity index (χ0n) is 15.9. The van der Waals surface area contributed by atoms with E-state index in [4.69, 9.17) is 9.15 Å². The van der Waals surface area contributed by atoms with Crippen LogP contribution in [0.3, 0.4) is 0 Å². The second kappa shape index (κ2) is 8.31. The van der Waals surface area contributed by atoms with Gasteiger partial charge in [-0.1, -0.05) is 24.3 Å². The zero-order valence-corrected chi connectivity index (χ0v) is 15.9. The number of fused-ring (bicyclic) bond motifs is 1. The van der Waals surface area contributed by atoms with Crippen molar-refractivity contribution in [3.8, 4) is 0 Å². The summed E-state index contributed by atoms with van der Waals surface area (Å²) in [6.07, 6.45) is 1.78. The number of nitrogens with zero attached hydrogens (tertiary/aromatic N) is 2. The van der Waals surface area contributed by atoms with Gasteiger partial charge in [-0.05, 0) is 25.1 Å². The summed E-state index contributed by atoms with van der Waals surface area (Å²) in [5, 5.41) is 6.88. The fourth-order valence-electron chi connectivity index (χ4n) is 3.34. The van der Waals surface area contributed by atoms with Gasteiger partial charge in [0, 0.05) is 36.8 Å². The first-order chi connectivity index (χ1) is 13.7. The van der Waals surface area contributed by atoms with Crippen molar-refractivity contribution in [2.24, 2.45) is 0 Å². The number of amides is 2. The van der Waals surface area contributed by atoms with Crippen LogP contribution < -0.4 is 15.5 Å². The number of furan rings is 1. The zero-order chi connectivity index (χ0) is 19.3. The molecule has 28 heavy (non-hydrogen) atoms. The Morgan fingerprint density at radius 1 is 1.21 bits per heavy atom. The number of pyridine rings is 1. The maximum atomic E-state index is 12.4. The summed E-state index contributed by atoms with van der Waals surface area (Å²) in [6.45, 7) is 5.30. The highest BCUT2D eigenvalue weighted by molar-refractivity contribution is 5.78. The molecule has 1 atom stereocenters. The van der Waals surface area contributed by atoms with Crippen molar-refractivity contribution in [2.75, 3.05) is 31.2 Å². The van der Waals surface area contributed by atoms with Crippen molar-refractivity contribution in [2.45, 2.75) is 19.5 Å². The van der Waals surface area contributed by atoms with Crippen molar-refractivity contribution in [1.82, 2.24) is 15.6 Å². The smallest absolute Gasteiger partial charge is 0.315 e. The van der Waals surface area contributed by atoms with Crippen molar-refractivity contribution in [1.29, 1.82) is 0 Å². The lowest BCUT2D eigenvalue weighted by Crippen LogP contribution is -2.39. The van der Waals surface area contributed by atoms with Gasteiger partial charge in [0.15, 0.2) is 0 Å². The number of rotatable bonds is 5. The van der Waals surface area contributed by atoms with Crippen LogP contribution in [-0.4, -0.2) is 37.3 Å². The Kier molecular flexibility index (Phi) is 5.43. The summed E-state index contributed by atoms with van der Waals surface area (Å²) < 4.78 is 11.2. The van der Waals surface area contributed by atoms with E-state index in [1.54, 1.807) is 6.20 Å². The molecule has 0 radical (unpaired) electrons. The normalized spacial score (nSPS) is 15.4. The number of nitrogens with one attached hydrogen (secondary N) is 2. The van der Waals surface area contributed by atoms with Gasteiger partial charge in [-0.2, -0.15) is 0 Å². The highest BCUT2D eigenvalue weighted by Gasteiger charge is 2.17. The number of urea groups is 1. The molecule has 4 rings (SSSR count). The number of anilines is 1. The molecule has 1 saturated heterocycles. The van der Waals surface area contributed by atoms with E-state index in [2.05, 4.69) is 20.5 Å². The standard InChI is InChI=1S/C21H24N4O3/c1-15(19-13-16-5-2-3-7-18(16)28-19)24-21(26)23-14-17-6-4-8-22-20(17)25-9-11-27-12-10-25/h2-8,13,15H,9-12,14H2,1H3,(H2,23,24,26). The predicted octanol–water partition coefficient (Wildman–Crippen LogP) is 3.22. The average molecular weight is 380 g/mol. The molecule has 1 unspecified atom stereocenters. The van der Waals surface area contributed by atoms with Gasteiger partial charge in [0.2, 0.25) is 0 Å². The molecule has 0 bridgehead atoms. The van der Waals surface area contributed by atoms with Gasteiger partial charge < -0.3 is 24.7 Å². The molecule has 0 aliphatic carbocycles. The van der Waals surface area contributed by atoms with E-state index in [1.807, 2.05) is 49.4 Å². The number of morpholine rings is 1. The van der Waals surface area contributed by atoms with Crippen LogP contribution in [0.15, 0.2) is 53.1 Å². The highest BCUT2D eigenvalue weighted by atomic mass is 16.5. The molecule has 0 spiro atoms. The van der Waals surface area contributed by atoms with Gasteiger partial charge in [0.05, 0.1) is 19.3 Å². The fraction of sp³-hybridized carbons (Fsp3) is 0.333. The van der Waals surface area contributed by atoms with E-state index >= 15 is 0 Å². The van der Waals surface area contributed by atoms with Crippen LogP contribution in [0.4, 0.5) is 10.6 Å². The van der Waals surface area contributed by atoms with Crippen molar-refractivity contribution in [3.63, 3.8) is 0 Å². The lowest BCUT2D eigenvalue weighted by Gasteiger charge is -2.29. The molecule has 7 nitrogen and oxygen atoms in total. The van der Waals surface area contributed by atoms with Crippen molar-refractivity contribution < 1.29 is 13.9 Å². The van der Waals surface area contributed by atoms with Crippen LogP contribution in [0.1, 0.15) is 24.3 Å². The largest absolute Gasteiger partial charge is 0.459 e. The van der Waals surface area contributed by atoms with Gasteiger partial charge in [-0.15, -0.1) is 0 Å². The number of para-hydroxylation sites is 1. The van der Waals surface area contributed by atoms with Crippen molar-refractivity contribution >= 4 is 22.8 Å². The molecule has 1 fully saturated rings. The van der Waals surface area contributed by atoms with E-state index in [-0.39, 0.29) is 12.1 Å². The van der Waals surface area contributed by atoms with E-state index in [0.29, 0.717) is 19.8 Å². The van der Waals surface area contributed by atoms with Crippen LogP contribution in [0.2, 0.25) is 0 Å². The van der Waals surface area contributed by atoms with E-state index < -0.39 is 0 Å². The molecule has 146 valence electrons. The molecule has 2 N–H and O–H groups in total. The minimum atomic E-state index is -0.246. The number of carbonyl (C=O) groups excluding carboxylic acids is 1. The topological polar surface area (TPSA) is 79.6 Å². The van der Waals surface area contributed by atoms with Gasteiger partial charge in [0.25, 0.3) is 0 Å². The number of hydrogen-bond donors (Lipinski definition) is 2. The third kappa shape index (κ3) is 4.09. The number of carbonyl (C=O) groups is 1. The molecular weight excluding hydrogens is 356 g/mol. The van der Waals surface area contributed by atoms with E-state index in [1.165, 1.54) is 0 Å². The molecule has 3 heterocycles. The maximum Gasteiger partial charge on any atom is 0.315 e. The highest BCUT2D eigenvalue weighted by Crippen LogP contribution is 2.23. The Bertz CT molecular complexity index is 916. The van der Waals surface area contributed by atoms with Crippen LogP contribution >= 0.6 is 0 Å². The molecule has 1 aliphatic heterocycles. The molecule has 2 amide bonds. The Balaban J connectivity index is 1.36. The van der Waals surface area contributed by atoms with Gasteiger partial charge in [-0.3, -0.25) is 0 Å². The fourth-order valence-corrected chi connectivity index (χ4v) is 3.34. The number of ether oxygens (including phenoxy) is 1. The third-order valence-corrected chi connectivity index (χ3v) is 4.84. The summed E-state index contributed by atoms with van der Waals surface area (Å²) in [5.74, 6) is 1.63. The summed E-state index contributed by atoms with van der Waals surface area (Å²) in [7, 11) is 0. The lowest BCUT2D eigenvalue weighted by atomic mass is 10.2. The van der Waals surface area contributed by atoms with Crippen LogP contribution in [0.5, 0.6) is 0 Å². The molecule has 1 aromatic carbocycles. The van der Waals surface area contributed by atoms with E-state index in [9.17, 15) is 4.79 Å². The second-order valence-corrected chi connectivity index (χ2v) is 6.82. The van der Waals surface area contributed by atoms with Crippen LogP contribution in [0, 0.1) is 0 Å². The molecule has 3 aromatic rings. The Labute approximate surface area is 163 Å². The first kappa shape index (κ1) is 18.3. The van der Waals surface area contributed by atoms with E-state index in [0.717, 1.165) is 41.2 Å². The monoisotopic (exact) mass is 380 g/mol. The minimum Gasteiger partial charge on any atom is -0.459 e. The maximum absolute atomic E-state index is 12.4. The third-order valence-electron chi connectivity index (χ3n) is 4.84. The Morgan fingerprint density at radius 3 is 2.86 bits per heavy atom. The summed E-state index contributed by atoms with van der Waals surface area (Å²) in [5.41, 5.74) is 1.80. The molecule has 7 heteroatoms. The predicted molar refractivity (Wildman–Crippen MR) is 107 cm³/mol. The number of hydrogen-bond acceptors (Lipinski definition) is 5. The van der Waals surface area contributed by atoms with Crippen LogP contribution in [0.25, 0.3) is 11.0 Å². The van der Waals surface area contributed by atoms with Gasteiger partial charge in [0.1, 0.15) is 17.2 Å². The SMILES string of the molecule is CC(NC(=O)NCc1cccnc1N1CCOCC1)c1cc2ccccc2o1. The Hall–Kier alpha value is -3.06. The molecule has 0 saturated carbocycles. The minimum absolute atomic E-state index is 0.236. The second-order valence-electron chi connectivity index (χ2n) is 6.82. The number of aromatic nitrogens is 1. The molecule has 2 aromatic heterocycles. The summed E-state index contributed by atoms with van der Waals surface area (Å²) >= 11 is 0.